The van der Waals surface area contributed by atoms with E-state index in [1.54, 1.807) is 13.3 Å². The van der Waals surface area contributed by atoms with E-state index in [1.807, 2.05) is 30.3 Å². The number of fused-ring (bicyclic) bond motifs is 6. The normalized spacial score (nSPS) is 19.4. The zero-order chi connectivity index (χ0) is 23.9. The minimum atomic E-state index is -0.361. The van der Waals surface area contributed by atoms with Crippen molar-refractivity contribution < 1.29 is 9.47 Å². The summed E-state index contributed by atoms with van der Waals surface area (Å²) in [5.74, 6) is 2.79. The average Bonchev–Trinajstić information content (AvgIpc) is 3.26. The first-order chi connectivity index (χ1) is 17.1. The highest BCUT2D eigenvalue weighted by atomic mass is 35.5. The molecule has 1 saturated heterocycles. The highest BCUT2D eigenvalue weighted by molar-refractivity contribution is 7.25. The topological polar surface area (TPSA) is 89.5 Å². The molecule has 190 valence electrons. The Labute approximate surface area is 218 Å². The van der Waals surface area contributed by atoms with E-state index in [0.717, 1.165) is 61.7 Å². The molecule has 0 spiro atoms. The third-order valence-electron chi connectivity index (χ3n) is 7.36. The third kappa shape index (κ3) is 4.29. The lowest BCUT2D eigenvalue weighted by Gasteiger charge is -2.42. The molecule has 36 heavy (non-hydrogen) atoms. The van der Waals surface area contributed by atoms with Crippen molar-refractivity contribution in [1.82, 2.24) is 19.4 Å². The Morgan fingerprint density at radius 2 is 2.06 bits per heavy atom. The smallest absolute Gasteiger partial charge is 0.328 e. The molecule has 10 heteroatoms. The van der Waals surface area contributed by atoms with E-state index >= 15 is 0 Å². The monoisotopic (exact) mass is 528 g/mol. The molecule has 1 aromatic carbocycles. The minimum absolute atomic E-state index is 0. The van der Waals surface area contributed by atoms with Crippen LogP contribution in [-0.2, 0) is 6.54 Å². The van der Waals surface area contributed by atoms with Crippen molar-refractivity contribution in [2.24, 2.45) is 5.92 Å². The van der Waals surface area contributed by atoms with Gasteiger partial charge in [-0.15, -0.1) is 23.7 Å². The molecule has 2 aliphatic heterocycles. The first-order valence-corrected chi connectivity index (χ1v) is 13.0. The van der Waals surface area contributed by atoms with Gasteiger partial charge in [0.2, 0.25) is 0 Å². The first kappa shape index (κ1) is 24.8. The van der Waals surface area contributed by atoms with Crippen molar-refractivity contribution in [2.75, 3.05) is 33.4 Å². The molecule has 0 aliphatic carbocycles. The highest BCUT2D eigenvalue weighted by Crippen LogP contribution is 2.46. The maximum Gasteiger partial charge on any atom is 0.328 e. The summed E-state index contributed by atoms with van der Waals surface area (Å²) in [6.07, 6.45) is 4.46. The number of benzene rings is 1. The van der Waals surface area contributed by atoms with Crippen LogP contribution in [0, 0.1) is 5.92 Å². The zero-order valence-electron chi connectivity index (χ0n) is 20.1. The Morgan fingerprint density at radius 1 is 1.19 bits per heavy atom. The summed E-state index contributed by atoms with van der Waals surface area (Å²) < 4.78 is 14.5. The van der Waals surface area contributed by atoms with Crippen LogP contribution < -0.4 is 20.7 Å². The number of aromatic amines is 1. The van der Waals surface area contributed by atoms with E-state index in [9.17, 15) is 9.59 Å². The Kier molecular flexibility index (Phi) is 7.05. The number of hydrogen-bond acceptors (Lipinski definition) is 7. The van der Waals surface area contributed by atoms with E-state index in [2.05, 4.69) is 14.9 Å². The molecule has 0 radical (unpaired) electrons. The SMILES string of the molecule is COc1cccc2c1[C@H]1CCN(CCCCn3c(=O)[nH]c4c(sc5cccnc54)c3=O)C[C@@H]1CO2.Cl. The van der Waals surface area contributed by atoms with Gasteiger partial charge in [-0.1, -0.05) is 6.07 Å². The van der Waals surface area contributed by atoms with Gasteiger partial charge in [-0.3, -0.25) is 14.3 Å². The van der Waals surface area contributed by atoms with Gasteiger partial charge in [0.1, 0.15) is 21.7 Å². The fraction of sp³-hybridized carbons (Fsp3) is 0.423. The number of piperidine rings is 1. The quantitative estimate of drug-likeness (QED) is 0.380. The fourth-order valence-electron chi connectivity index (χ4n) is 5.64. The lowest BCUT2D eigenvalue weighted by molar-refractivity contribution is 0.0902. The number of unbranched alkanes of at least 4 members (excludes halogenated alkanes) is 1. The van der Waals surface area contributed by atoms with Gasteiger partial charge in [-0.05, 0) is 62.5 Å². The number of rotatable bonds is 6. The lowest BCUT2D eigenvalue weighted by atomic mass is 9.78. The van der Waals surface area contributed by atoms with Crippen LogP contribution >= 0.6 is 23.7 Å². The van der Waals surface area contributed by atoms with Crippen molar-refractivity contribution in [3.05, 3.63) is 62.9 Å². The van der Waals surface area contributed by atoms with E-state index < -0.39 is 0 Å². The van der Waals surface area contributed by atoms with Crippen LogP contribution in [0.2, 0.25) is 0 Å². The van der Waals surface area contributed by atoms with Gasteiger partial charge in [0.05, 0.1) is 23.9 Å². The van der Waals surface area contributed by atoms with Gasteiger partial charge in [0.25, 0.3) is 5.56 Å². The summed E-state index contributed by atoms with van der Waals surface area (Å²) in [4.78, 5) is 35.4. The van der Waals surface area contributed by atoms with Crippen molar-refractivity contribution >= 4 is 44.2 Å². The number of hydrogen-bond donors (Lipinski definition) is 1. The van der Waals surface area contributed by atoms with Crippen LogP contribution in [0.25, 0.3) is 20.4 Å². The van der Waals surface area contributed by atoms with E-state index in [-0.39, 0.29) is 23.7 Å². The molecule has 1 N–H and O–H groups in total. The summed E-state index contributed by atoms with van der Waals surface area (Å²) >= 11 is 1.39. The molecular formula is C26H29ClN4O4S. The zero-order valence-corrected chi connectivity index (χ0v) is 21.7. The lowest BCUT2D eigenvalue weighted by Crippen LogP contribution is -2.44. The molecule has 5 heterocycles. The van der Waals surface area contributed by atoms with Crippen molar-refractivity contribution in [3.63, 3.8) is 0 Å². The van der Waals surface area contributed by atoms with E-state index in [4.69, 9.17) is 9.47 Å². The molecule has 1 fully saturated rings. The molecule has 2 atom stereocenters. The molecule has 3 aromatic heterocycles. The number of thiophene rings is 1. The number of halogens is 1. The Balaban J connectivity index is 0.00000267. The average molecular weight is 529 g/mol. The first-order valence-electron chi connectivity index (χ1n) is 12.2. The van der Waals surface area contributed by atoms with Gasteiger partial charge in [-0.2, -0.15) is 0 Å². The number of nitrogens with one attached hydrogen (secondary N) is 1. The molecule has 0 unspecified atom stereocenters. The van der Waals surface area contributed by atoms with E-state index in [0.29, 0.717) is 34.1 Å². The number of methoxy groups -OCH3 is 1. The predicted octanol–water partition coefficient (Wildman–Crippen LogP) is 4.01. The molecule has 4 aromatic rings. The summed E-state index contributed by atoms with van der Waals surface area (Å²) in [5, 5.41) is 0. The van der Waals surface area contributed by atoms with Crippen LogP contribution in [0.15, 0.2) is 46.1 Å². The minimum Gasteiger partial charge on any atom is -0.496 e. The standard InChI is InChI=1S/C26H28N4O4S.ClH/c1-33-18-6-4-7-19-21(18)17-9-13-29(14-16(17)15-34-19)11-2-3-12-30-25(31)24-23(28-26(30)32)22-20(35-24)8-5-10-27-22;/h4-8,10,16-17H,2-3,9,11-15H2,1H3,(H,28,32);1H/t16-,17+;/m1./s1. The van der Waals surface area contributed by atoms with Gasteiger partial charge in [-0.25, -0.2) is 4.79 Å². The van der Waals surface area contributed by atoms with Crippen LogP contribution in [0.1, 0.15) is 30.7 Å². The molecule has 0 bridgehead atoms. The van der Waals surface area contributed by atoms with Crippen LogP contribution in [0.5, 0.6) is 11.5 Å². The van der Waals surface area contributed by atoms with Crippen molar-refractivity contribution in [1.29, 1.82) is 0 Å². The fourth-order valence-corrected chi connectivity index (χ4v) is 6.71. The van der Waals surface area contributed by atoms with E-state index in [1.165, 1.54) is 21.5 Å². The van der Waals surface area contributed by atoms with Crippen LogP contribution in [0.4, 0.5) is 0 Å². The van der Waals surface area contributed by atoms with Gasteiger partial charge < -0.3 is 19.4 Å². The maximum absolute atomic E-state index is 13.0. The number of H-pyrrole nitrogens is 1. The van der Waals surface area contributed by atoms with Gasteiger partial charge in [0.15, 0.2) is 0 Å². The Morgan fingerprint density at radius 3 is 2.92 bits per heavy atom. The molecule has 8 nitrogen and oxygen atoms in total. The summed E-state index contributed by atoms with van der Waals surface area (Å²) in [5.41, 5.74) is 1.87. The second-order valence-electron chi connectivity index (χ2n) is 9.39. The predicted molar refractivity (Wildman–Crippen MR) is 144 cm³/mol. The largest absolute Gasteiger partial charge is 0.496 e. The number of nitrogens with zero attached hydrogens (tertiary/aromatic N) is 3. The number of ether oxygens (including phenoxy) is 2. The maximum atomic E-state index is 13.0. The third-order valence-corrected chi connectivity index (χ3v) is 8.49. The Hall–Kier alpha value is -2.88. The summed E-state index contributed by atoms with van der Waals surface area (Å²) in [6.45, 7) is 4.11. The van der Waals surface area contributed by atoms with Crippen molar-refractivity contribution in [2.45, 2.75) is 31.7 Å². The molecule has 6 rings (SSSR count). The van der Waals surface area contributed by atoms with Gasteiger partial charge in [0, 0.05) is 30.8 Å². The Bertz CT molecular complexity index is 1500. The molecule has 0 amide bonds. The molecule has 2 aliphatic rings. The summed E-state index contributed by atoms with van der Waals surface area (Å²) in [7, 11) is 1.72. The van der Waals surface area contributed by atoms with Crippen LogP contribution in [-0.4, -0.2) is 52.8 Å². The van der Waals surface area contributed by atoms with Crippen LogP contribution in [0.3, 0.4) is 0 Å². The summed E-state index contributed by atoms with van der Waals surface area (Å²) in [6, 6.07) is 9.80. The number of pyridine rings is 1. The van der Waals surface area contributed by atoms with Crippen molar-refractivity contribution in [3.8, 4) is 11.5 Å². The molecular weight excluding hydrogens is 500 g/mol. The van der Waals surface area contributed by atoms with Gasteiger partial charge >= 0.3 is 5.69 Å². The molecule has 0 saturated carbocycles. The second kappa shape index (κ2) is 10.2. The number of aromatic nitrogens is 3. The highest BCUT2D eigenvalue weighted by Gasteiger charge is 2.37. The second-order valence-corrected chi connectivity index (χ2v) is 10.4. The number of likely N-dealkylation sites (tertiary alicyclic amines) is 1.